The summed E-state index contributed by atoms with van der Waals surface area (Å²) in [5, 5.41) is 29.6. The van der Waals surface area contributed by atoms with E-state index in [-0.39, 0.29) is 17.1 Å². The Morgan fingerprint density at radius 1 is 1.32 bits per heavy atom. The molecule has 0 saturated heterocycles. The second-order valence-corrected chi connectivity index (χ2v) is 7.94. The number of hydrogen-bond acceptors (Lipinski definition) is 8. The Balaban J connectivity index is 1.58. The lowest BCUT2D eigenvalue weighted by atomic mass is 10.2. The van der Waals surface area contributed by atoms with Crippen LogP contribution in [-0.2, 0) is 7.05 Å². The molecular weight excluding hydrogens is 394 g/mol. The highest BCUT2D eigenvalue weighted by atomic mass is 32.2. The van der Waals surface area contributed by atoms with Gasteiger partial charge in [0.1, 0.15) is 28.2 Å². The molecule has 3 heterocycles. The number of hydrogen-bond donors (Lipinski definition) is 1. The molecule has 0 saturated carbocycles. The first-order chi connectivity index (χ1) is 13.6. The molecule has 28 heavy (non-hydrogen) atoms. The van der Waals surface area contributed by atoms with Crippen LogP contribution in [0.15, 0.2) is 51.9 Å². The van der Waals surface area contributed by atoms with Crippen LogP contribution in [0.4, 0.5) is 0 Å². The maximum absolute atomic E-state index is 10.5. The first kappa shape index (κ1) is 18.3. The first-order valence-electron chi connectivity index (χ1n) is 8.33. The number of benzene rings is 1. The van der Waals surface area contributed by atoms with Gasteiger partial charge in [0.2, 0.25) is 0 Å². The highest BCUT2D eigenvalue weighted by molar-refractivity contribution is 7.99. The number of thioether (sulfide) groups is 1. The van der Waals surface area contributed by atoms with Crippen molar-refractivity contribution in [3.63, 3.8) is 0 Å². The molecular formula is C19H15N5O2S2. The van der Waals surface area contributed by atoms with Gasteiger partial charge >= 0.3 is 0 Å². The third-order valence-corrected chi connectivity index (χ3v) is 6.27. The van der Waals surface area contributed by atoms with Crippen LogP contribution in [0.3, 0.4) is 0 Å². The van der Waals surface area contributed by atoms with Crippen molar-refractivity contribution in [3.8, 4) is 17.5 Å². The van der Waals surface area contributed by atoms with Crippen molar-refractivity contribution in [1.29, 1.82) is 5.26 Å². The molecule has 0 unspecified atom stereocenters. The fraction of sp³-hybridized carbons (Fsp3) is 0.158. The summed E-state index contributed by atoms with van der Waals surface area (Å²) in [5.74, 6) is 1.60. The van der Waals surface area contributed by atoms with Gasteiger partial charge in [-0.15, -0.1) is 21.5 Å². The van der Waals surface area contributed by atoms with Crippen LogP contribution < -0.4 is 0 Å². The summed E-state index contributed by atoms with van der Waals surface area (Å²) in [7, 11) is 1.85. The molecule has 0 spiro atoms. The minimum atomic E-state index is -0.0319. The molecule has 0 aliphatic heterocycles. The summed E-state index contributed by atoms with van der Waals surface area (Å²) in [6.45, 7) is 1.86. The number of nitrogens with zero attached hydrogens (tertiary/aromatic N) is 5. The van der Waals surface area contributed by atoms with E-state index in [0.717, 1.165) is 21.5 Å². The molecule has 4 aromatic rings. The number of furan rings is 1. The number of nitriles is 1. The maximum atomic E-state index is 10.5. The Bertz CT molecular complexity index is 1200. The lowest BCUT2D eigenvalue weighted by Gasteiger charge is -2.04. The fourth-order valence-electron chi connectivity index (χ4n) is 2.71. The van der Waals surface area contributed by atoms with E-state index in [2.05, 4.69) is 21.3 Å². The molecule has 0 aliphatic carbocycles. The molecule has 0 bridgehead atoms. The number of aliphatic hydroxyl groups excluding tert-OH is 1. The lowest BCUT2D eigenvalue weighted by molar-refractivity contribution is 0.420. The Morgan fingerprint density at radius 3 is 2.86 bits per heavy atom. The van der Waals surface area contributed by atoms with E-state index < -0.39 is 0 Å². The molecule has 1 N–H and O–H groups in total. The topological polar surface area (TPSA) is 101 Å². The summed E-state index contributed by atoms with van der Waals surface area (Å²) >= 11 is 2.68. The lowest BCUT2D eigenvalue weighted by Crippen LogP contribution is -1.97. The highest BCUT2D eigenvalue weighted by Gasteiger charge is 2.17. The van der Waals surface area contributed by atoms with Crippen molar-refractivity contribution in [2.75, 3.05) is 5.75 Å². The van der Waals surface area contributed by atoms with E-state index in [1.807, 2.05) is 48.9 Å². The van der Waals surface area contributed by atoms with Crippen LogP contribution in [0.2, 0.25) is 0 Å². The predicted molar refractivity (Wildman–Crippen MR) is 109 cm³/mol. The van der Waals surface area contributed by atoms with Gasteiger partial charge in [-0.2, -0.15) is 5.26 Å². The number of allylic oxidation sites excluding steroid dienone is 1. The number of aromatic nitrogens is 4. The average Bonchev–Trinajstić information content (AvgIpc) is 3.39. The summed E-state index contributed by atoms with van der Waals surface area (Å²) in [5.41, 5.74) is 1.86. The molecule has 0 aliphatic rings. The summed E-state index contributed by atoms with van der Waals surface area (Å²) in [6, 6.07) is 11.6. The van der Waals surface area contributed by atoms with Gasteiger partial charge in [-0.05, 0) is 25.1 Å². The smallest absolute Gasteiger partial charge is 0.191 e. The maximum Gasteiger partial charge on any atom is 0.191 e. The zero-order chi connectivity index (χ0) is 19.7. The van der Waals surface area contributed by atoms with Gasteiger partial charge in [-0.3, -0.25) is 0 Å². The molecule has 140 valence electrons. The van der Waals surface area contributed by atoms with E-state index in [0.29, 0.717) is 16.0 Å². The molecule has 1 aromatic carbocycles. The van der Waals surface area contributed by atoms with E-state index in [1.54, 1.807) is 6.26 Å². The number of aryl methyl sites for hydroxylation is 1. The number of para-hydroxylation sites is 1. The van der Waals surface area contributed by atoms with Gasteiger partial charge in [0, 0.05) is 7.05 Å². The van der Waals surface area contributed by atoms with Gasteiger partial charge in [-0.25, -0.2) is 4.98 Å². The Morgan fingerprint density at radius 2 is 2.14 bits per heavy atom. The van der Waals surface area contributed by atoms with Gasteiger partial charge < -0.3 is 14.1 Å². The second kappa shape index (κ2) is 7.50. The van der Waals surface area contributed by atoms with Crippen LogP contribution >= 0.6 is 23.1 Å². The van der Waals surface area contributed by atoms with E-state index in [1.165, 1.54) is 23.1 Å². The predicted octanol–water partition coefficient (Wildman–Crippen LogP) is 4.58. The minimum absolute atomic E-state index is 0.0319. The monoisotopic (exact) mass is 409 g/mol. The zero-order valence-corrected chi connectivity index (χ0v) is 16.7. The highest BCUT2D eigenvalue weighted by Crippen LogP contribution is 2.30. The van der Waals surface area contributed by atoms with Crippen LogP contribution in [0.25, 0.3) is 27.2 Å². The van der Waals surface area contributed by atoms with Crippen LogP contribution in [0, 0.1) is 18.3 Å². The van der Waals surface area contributed by atoms with Gasteiger partial charge in [-0.1, -0.05) is 23.9 Å². The number of fused-ring (bicyclic) bond motifs is 1. The Labute approximate surface area is 169 Å². The fourth-order valence-corrected chi connectivity index (χ4v) is 4.48. The third kappa shape index (κ3) is 3.28. The van der Waals surface area contributed by atoms with Gasteiger partial charge in [0.15, 0.2) is 11.0 Å². The van der Waals surface area contributed by atoms with Crippen LogP contribution in [0.5, 0.6) is 0 Å². The van der Waals surface area contributed by atoms with Gasteiger partial charge in [0.25, 0.3) is 0 Å². The summed E-state index contributed by atoms with van der Waals surface area (Å²) in [6.07, 6.45) is 1.61. The first-order valence-corrected chi connectivity index (χ1v) is 10.1. The largest absolute Gasteiger partial charge is 0.510 e. The van der Waals surface area contributed by atoms with Crippen molar-refractivity contribution < 1.29 is 9.52 Å². The molecule has 0 atom stereocenters. The molecule has 7 nitrogen and oxygen atoms in total. The van der Waals surface area contributed by atoms with E-state index in [9.17, 15) is 10.4 Å². The third-order valence-electron chi connectivity index (χ3n) is 4.18. The number of aliphatic hydroxyl groups is 1. The molecule has 0 radical (unpaired) electrons. The molecule has 9 heteroatoms. The van der Waals surface area contributed by atoms with Crippen molar-refractivity contribution in [2.45, 2.75) is 12.1 Å². The standard InChI is InChI=1S/C19H15N5O2S2/c1-11-12(7-8-26-11)17-22-23-19(24(17)2)27-10-15(25)13(9-20)18-21-14-5-3-4-6-16(14)28-18/h3-8,25H,10H2,1-2H3/b15-13-. The summed E-state index contributed by atoms with van der Waals surface area (Å²) in [4.78, 5) is 4.45. The Kier molecular flexibility index (Phi) is 4.90. The van der Waals surface area contributed by atoms with Crippen LogP contribution in [0.1, 0.15) is 10.8 Å². The normalized spacial score (nSPS) is 12.2. The van der Waals surface area contributed by atoms with Crippen molar-refractivity contribution in [3.05, 3.63) is 53.1 Å². The minimum Gasteiger partial charge on any atom is -0.510 e. The van der Waals surface area contributed by atoms with E-state index in [4.69, 9.17) is 4.42 Å². The second-order valence-electron chi connectivity index (χ2n) is 5.96. The van der Waals surface area contributed by atoms with Crippen molar-refractivity contribution in [1.82, 2.24) is 19.7 Å². The number of rotatable bonds is 5. The van der Waals surface area contributed by atoms with Crippen molar-refractivity contribution in [2.24, 2.45) is 7.05 Å². The van der Waals surface area contributed by atoms with Gasteiger partial charge in [0.05, 0.1) is 27.8 Å². The summed E-state index contributed by atoms with van der Waals surface area (Å²) < 4.78 is 8.13. The number of thiazole rings is 1. The Hall–Kier alpha value is -3.09. The molecule has 0 amide bonds. The van der Waals surface area contributed by atoms with Crippen molar-refractivity contribution >= 4 is 38.9 Å². The molecule has 0 fully saturated rings. The average molecular weight is 409 g/mol. The van der Waals surface area contributed by atoms with E-state index >= 15 is 0 Å². The quantitative estimate of drug-likeness (QED) is 0.292. The SMILES string of the molecule is Cc1occc1-c1nnc(SC/C(O)=C(\C#N)c2nc3ccccc3s2)n1C. The zero-order valence-electron chi connectivity index (χ0n) is 15.1. The molecule has 3 aromatic heterocycles. The molecule has 4 rings (SSSR count). The van der Waals surface area contributed by atoms with Crippen LogP contribution in [-0.4, -0.2) is 30.6 Å².